The maximum Gasteiger partial charge on any atom is 0.366 e. The van der Waals surface area contributed by atoms with E-state index < -0.39 is 17.6 Å². The van der Waals surface area contributed by atoms with Crippen LogP contribution in [0.2, 0.25) is 0 Å². The van der Waals surface area contributed by atoms with Gasteiger partial charge in [0, 0.05) is 0 Å². The Morgan fingerprint density at radius 2 is 1.40 bits per heavy atom. The van der Waals surface area contributed by atoms with Crippen LogP contribution in [0.25, 0.3) is 0 Å². The first-order valence-electron chi connectivity index (χ1n) is 4.08. The third kappa shape index (κ3) is 1.18. The Hall–Kier alpha value is -2.24. The molecule has 15 heavy (non-hydrogen) atoms. The molecule has 2 N–H and O–H groups in total. The van der Waals surface area contributed by atoms with Gasteiger partial charge >= 0.3 is 17.6 Å². The van der Waals surface area contributed by atoms with E-state index in [0.717, 1.165) is 0 Å². The van der Waals surface area contributed by atoms with Crippen LogP contribution in [0.5, 0.6) is 0 Å². The van der Waals surface area contributed by atoms with Crippen molar-refractivity contribution in [1.82, 2.24) is 0 Å². The first-order valence-corrected chi connectivity index (χ1v) is 4.08. The van der Waals surface area contributed by atoms with Gasteiger partial charge in [-0.05, 0) is 12.1 Å². The van der Waals surface area contributed by atoms with Crippen molar-refractivity contribution in [3.8, 4) is 0 Å². The average molecular weight is 206 g/mol. The number of aliphatic carboxylic acids is 2. The highest BCUT2D eigenvalue weighted by Crippen LogP contribution is 2.14. The van der Waals surface area contributed by atoms with Crippen molar-refractivity contribution >= 4 is 11.9 Å². The monoisotopic (exact) mass is 206 g/mol. The number of para-hydroxylation sites is 2. The van der Waals surface area contributed by atoms with E-state index in [2.05, 4.69) is 9.98 Å². The van der Waals surface area contributed by atoms with Crippen molar-refractivity contribution in [3.63, 3.8) is 0 Å². The van der Waals surface area contributed by atoms with E-state index >= 15 is 0 Å². The van der Waals surface area contributed by atoms with Gasteiger partial charge in [-0.1, -0.05) is 12.1 Å². The van der Waals surface area contributed by atoms with E-state index in [9.17, 15) is 9.59 Å². The Morgan fingerprint density at radius 3 is 1.73 bits per heavy atom. The number of benzene rings is 1. The summed E-state index contributed by atoms with van der Waals surface area (Å²) in [6.07, 6.45) is 0. The lowest BCUT2D eigenvalue weighted by atomic mass is 10.2. The molecule has 6 nitrogen and oxygen atoms in total. The smallest absolute Gasteiger partial charge is 0.366 e. The van der Waals surface area contributed by atoms with Gasteiger partial charge in [-0.15, -0.1) is 0 Å². The molecule has 1 aromatic carbocycles. The molecule has 1 heterocycles. The molecule has 0 amide bonds. The Kier molecular flexibility index (Phi) is 1.79. The predicted molar refractivity (Wildman–Crippen MR) is 46.8 cm³/mol. The maximum absolute atomic E-state index is 10.9. The van der Waals surface area contributed by atoms with Gasteiger partial charge in [-0.3, -0.25) is 0 Å². The van der Waals surface area contributed by atoms with E-state index in [0.29, 0.717) is 0 Å². The fraction of sp³-hybridized carbons (Fsp3) is 0.111. The fourth-order valence-corrected chi connectivity index (χ4v) is 1.31. The molecule has 0 spiro atoms. The molecular formula is C9H6N2O4. The van der Waals surface area contributed by atoms with E-state index in [-0.39, 0.29) is 10.7 Å². The molecule has 0 saturated carbocycles. The van der Waals surface area contributed by atoms with E-state index in [1.165, 1.54) is 12.1 Å². The highest BCUT2D eigenvalue weighted by molar-refractivity contribution is 6.03. The Balaban J connectivity index is 2.75. The topological polar surface area (TPSA) is 99.3 Å². The number of rotatable bonds is 2. The zero-order valence-corrected chi connectivity index (χ0v) is 7.41. The number of carboxylic acids is 2. The molecule has 0 atom stereocenters. The number of hydrogen-bond donors (Lipinski definition) is 2. The van der Waals surface area contributed by atoms with Crippen molar-refractivity contribution < 1.29 is 19.8 Å². The van der Waals surface area contributed by atoms with Crippen molar-refractivity contribution in [1.29, 1.82) is 0 Å². The largest absolute Gasteiger partial charge is 0.478 e. The number of carbonyl (C=O) groups is 2. The van der Waals surface area contributed by atoms with Crippen LogP contribution in [-0.4, -0.2) is 27.8 Å². The first kappa shape index (κ1) is 9.32. The lowest BCUT2D eigenvalue weighted by Crippen LogP contribution is -2.42. The van der Waals surface area contributed by atoms with Crippen LogP contribution in [-0.2, 0) is 9.59 Å². The average Bonchev–Trinajstić information content (AvgIpc) is 2.57. The molecule has 0 bridgehead atoms. The van der Waals surface area contributed by atoms with Gasteiger partial charge in [-0.25, -0.2) is 19.6 Å². The van der Waals surface area contributed by atoms with E-state index in [4.69, 9.17) is 10.2 Å². The Labute approximate surface area is 83.2 Å². The van der Waals surface area contributed by atoms with Gasteiger partial charge in [0.15, 0.2) is 0 Å². The van der Waals surface area contributed by atoms with E-state index in [1.807, 2.05) is 0 Å². The zero-order chi connectivity index (χ0) is 11.1. The molecule has 0 aromatic heterocycles. The van der Waals surface area contributed by atoms with Crippen LogP contribution in [0.3, 0.4) is 0 Å². The molecular weight excluding hydrogens is 200 g/mol. The number of hydrogen-bond acceptors (Lipinski definition) is 4. The first-order chi connectivity index (χ1) is 7.06. The van der Waals surface area contributed by atoms with Crippen LogP contribution in [0.1, 0.15) is 0 Å². The Morgan fingerprint density at radius 1 is 1.00 bits per heavy atom. The molecule has 0 saturated heterocycles. The molecule has 76 valence electrons. The Bertz CT molecular complexity index is 513. The van der Waals surface area contributed by atoms with Crippen LogP contribution < -0.4 is 10.7 Å². The van der Waals surface area contributed by atoms with Gasteiger partial charge < -0.3 is 10.2 Å². The molecule has 0 unspecified atom stereocenters. The van der Waals surface area contributed by atoms with E-state index in [1.54, 1.807) is 12.1 Å². The highest BCUT2D eigenvalue weighted by Gasteiger charge is 2.48. The molecule has 6 heteroatoms. The van der Waals surface area contributed by atoms with Gasteiger partial charge in [0.05, 0.1) is 10.7 Å². The van der Waals surface area contributed by atoms with Crippen molar-refractivity contribution in [2.45, 2.75) is 5.66 Å². The van der Waals surface area contributed by atoms with Crippen molar-refractivity contribution in [2.75, 3.05) is 0 Å². The molecule has 1 aliphatic rings. The molecule has 2 rings (SSSR count). The molecule has 0 fully saturated rings. The molecule has 0 radical (unpaired) electrons. The zero-order valence-electron chi connectivity index (χ0n) is 7.41. The summed E-state index contributed by atoms with van der Waals surface area (Å²) in [6, 6.07) is 6.31. The summed E-state index contributed by atoms with van der Waals surface area (Å²) in [6.45, 7) is 0. The lowest BCUT2D eigenvalue weighted by Gasteiger charge is -2.10. The van der Waals surface area contributed by atoms with Gasteiger partial charge in [0.2, 0.25) is 0 Å². The number of carboxylic acid groups (broad SMARTS) is 2. The van der Waals surface area contributed by atoms with Crippen LogP contribution >= 0.6 is 0 Å². The second kappa shape index (κ2) is 2.88. The summed E-state index contributed by atoms with van der Waals surface area (Å²) in [5.74, 6) is -3.18. The number of nitrogens with zero attached hydrogens (tertiary/aromatic N) is 2. The van der Waals surface area contributed by atoms with Crippen LogP contribution in [0.15, 0.2) is 34.3 Å². The normalized spacial score (nSPS) is 16.0. The maximum atomic E-state index is 10.9. The number of fused-ring (bicyclic) bond motifs is 1. The summed E-state index contributed by atoms with van der Waals surface area (Å²) in [5, 5.41) is 18.2. The third-order valence-electron chi connectivity index (χ3n) is 2.04. The lowest BCUT2D eigenvalue weighted by molar-refractivity contribution is -0.156. The fourth-order valence-electron chi connectivity index (χ4n) is 1.31. The second-order valence-electron chi connectivity index (χ2n) is 2.99. The predicted octanol–water partition coefficient (Wildman–Crippen LogP) is -1.20. The molecule has 0 aliphatic carbocycles. The third-order valence-corrected chi connectivity index (χ3v) is 2.04. The summed E-state index contributed by atoms with van der Waals surface area (Å²) < 4.78 is 0. The quantitative estimate of drug-likeness (QED) is 0.594. The summed E-state index contributed by atoms with van der Waals surface area (Å²) >= 11 is 0. The van der Waals surface area contributed by atoms with Gasteiger partial charge in [-0.2, -0.15) is 0 Å². The van der Waals surface area contributed by atoms with Gasteiger partial charge in [0.1, 0.15) is 0 Å². The second-order valence-corrected chi connectivity index (χ2v) is 2.99. The summed E-state index contributed by atoms with van der Waals surface area (Å²) in [5.41, 5.74) is -2.41. The van der Waals surface area contributed by atoms with Crippen molar-refractivity contribution in [2.24, 2.45) is 9.98 Å². The molecule has 1 aliphatic heterocycles. The summed E-state index contributed by atoms with van der Waals surface area (Å²) in [7, 11) is 0. The minimum absolute atomic E-state index is 0.280. The minimum Gasteiger partial charge on any atom is -0.478 e. The minimum atomic E-state index is -2.41. The highest BCUT2D eigenvalue weighted by atomic mass is 16.4. The van der Waals surface area contributed by atoms with Crippen LogP contribution in [0.4, 0.5) is 0 Å². The van der Waals surface area contributed by atoms with Crippen molar-refractivity contribution in [3.05, 3.63) is 35.0 Å². The van der Waals surface area contributed by atoms with Crippen LogP contribution in [0, 0.1) is 0 Å². The standard InChI is InChI=1S/C9H6N2O4/c12-7(13)9(8(14)15)10-5-3-1-2-4-6(5)11-9/h1-4H,(H,12,13)(H,14,15). The van der Waals surface area contributed by atoms with Gasteiger partial charge in [0.25, 0.3) is 0 Å². The molecule has 1 aromatic rings. The summed E-state index contributed by atoms with van der Waals surface area (Å²) in [4.78, 5) is 29.0. The SMILES string of the molecule is O=C(O)C1(C(=O)O)N=c2ccccc2=N1.